The van der Waals surface area contributed by atoms with Gasteiger partial charge in [-0.15, -0.1) is 0 Å². The van der Waals surface area contributed by atoms with Gasteiger partial charge in [0.2, 0.25) is 0 Å². The van der Waals surface area contributed by atoms with E-state index in [-0.39, 0.29) is 11.0 Å². The number of hydrogen-bond donors (Lipinski definition) is 1. The highest BCUT2D eigenvalue weighted by molar-refractivity contribution is 8.03. The maximum absolute atomic E-state index is 6.99. The molecule has 2 saturated carbocycles. The fourth-order valence-corrected chi connectivity index (χ4v) is 7.82. The molecule has 2 aliphatic carbocycles. The van der Waals surface area contributed by atoms with Gasteiger partial charge in [-0.3, -0.25) is 4.84 Å². The molecule has 3 unspecified atom stereocenters. The highest BCUT2D eigenvalue weighted by Gasteiger charge is 2.77. The molecular weight excluding hydrogens is 456 g/mol. The minimum atomic E-state index is -0.0532. The van der Waals surface area contributed by atoms with Crippen LogP contribution in [0, 0.1) is 17.3 Å². The van der Waals surface area contributed by atoms with E-state index < -0.39 is 0 Å². The van der Waals surface area contributed by atoms with E-state index >= 15 is 0 Å². The third-order valence-corrected chi connectivity index (χ3v) is 9.98. The Hall–Kier alpha value is -2.50. The zero-order valence-corrected chi connectivity index (χ0v) is 21.6. The molecule has 0 saturated heterocycles. The van der Waals surface area contributed by atoms with Gasteiger partial charge in [0.15, 0.2) is 5.60 Å². The van der Waals surface area contributed by atoms with Crippen molar-refractivity contribution in [2.75, 3.05) is 5.32 Å². The second kappa shape index (κ2) is 8.31. The van der Waals surface area contributed by atoms with E-state index in [2.05, 4.69) is 110 Å². The summed E-state index contributed by atoms with van der Waals surface area (Å²) in [4.78, 5) is 8.26. The Morgan fingerprint density at radius 3 is 2.74 bits per heavy atom. The van der Waals surface area contributed by atoms with Crippen LogP contribution in [-0.2, 0) is 0 Å². The predicted molar refractivity (Wildman–Crippen MR) is 144 cm³/mol. The SMILES string of the molecule is CC1CCC2C(C)(C)C2(O[n+]2c(C=CC=CC=C3Nc4ccccc4S3)sc3ccccc32)C1. The molecule has 34 heavy (non-hydrogen) atoms. The number of benzene rings is 2. The minimum Gasteiger partial charge on any atom is -0.349 e. The Balaban J connectivity index is 1.24. The number of anilines is 1. The Kier molecular flexibility index (Phi) is 5.38. The summed E-state index contributed by atoms with van der Waals surface area (Å²) in [7, 11) is 0. The van der Waals surface area contributed by atoms with Crippen LogP contribution in [0.2, 0.25) is 0 Å². The van der Waals surface area contributed by atoms with E-state index in [1.807, 2.05) is 0 Å². The summed E-state index contributed by atoms with van der Waals surface area (Å²) in [6.07, 6.45) is 14.3. The van der Waals surface area contributed by atoms with E-state index in [9.17, 15) is 0 Å². The Labute approximate surface area is 210 Å². The first-order valence-electron chi connectivity index (χ1n) is 12.2. The summed E-state index contributed by atoms with van der Waals surface area (Å²) < 4.78 is 3.38. The normalized spacial score (nSPS) is 28.4. The zero-order chi connectivity index (χ0) is 23.3. The summed E-state index contributed by atoms with van der Waals surface area (Å²) >= 11 is 3.56. The third-order valence-electron chi connectivity index (χ3n) is 7.87. The maximum atomic E-state index is 6.99. The van der Waals surface area contributed by atoms with Gasteiger partial charge in [-0.1, -0.05) is 92.8 Å². The monoisotopic (exact) mass is 487 g/mol. The number of allylic oxidation sites excluding steroid dienone is 4. The van der Waals surface area contributed by atoms with Gasteiger partial charge in [-0.2, -0.15) is 0 Å². The van der Waals surface area contributed by atoms with Crippen molar-refractivity contribution < 1.29 is 9.57 Å². The Bertz CT molecular complexity index is 1310. The maximum Gasteiger partial charge on any atom is 0.313 e. The van der Waals surface area contributed by atoms with Crippen molar-refractivity contribution in [1.29, 1.82) is 0 Å². The van der Waals surface area contributed by atoms with Crippen molar-refractivity contribution in [3.63, 3.8) is 0 Å². The number of nitrogens with one attached hydrogen (secondary N) is 1. The van der Waals surface area contributed by atoms with Crippen molar-refractivity contribution in [3.05, 3.63) is 82.9 Å². The molecule has 0 spiro atoms. The molecule has 2 aromatic carbocycles. The highest BCUT2D eigenvalue weighted by Crippen LogP contribution is 2.69. The smallest absolute Gasteiger partial charge is 0.313 e. The van der Waals surface area contributed by atoms with E-state index in [1.165, 1.54) is 28.1 Å². The first kappa shape index (κ1) is 22.0. The average molecular weight is 488 g/mol. The van der Waals surface area contributed by atoms with Crippen LogP contribution >= 0.6 is 23.1 Å². The molecule has 1 N–H and O–H groups in total. The molecule has 3 nitrogen and oxygen atoms in total. The van der Waals surface area contributed by atoms with Crippen LogP contribution in [0.15, 0.2) is 82.8 Å². The first-order chi connectivity index (χ1) is 16.5. The van der Waals surface area contributed by atoms with Gasteiger partial charge in [-0.05, 0) is 43.0 Å². The molecule has 174 valence electrons. The van der Waals surface area contributed by atoms with Crippen LogP contribution in [0.1, 0.15) is 45.0 Å². The summed E-state index contributed by atoms with van der Waals surface area (Å²) in [6, 6.07) is 17.0. The lowest BCUT2D eigenvalue weighted by Crippen LogP contribution is -2.53. The molecule has 0 radical (unpaired) electrons. The number of para-hydroxylation sites is 2. The van der Waals surface area contributed by atoms with E-state index in [0.717, 1.165) is 22.0 Å². The van der Waals surface area contributed by atoms with Crippen LogP contribution < -0.4 is 14.9 Å². The summed E-state index contributed by atoms with van der Waals surface area (Å²) in [5.41, 5.74) is 2.52. The van der Waals surface area contributed by atoms with E-state index in [0.29, 0.717) is 11.8 Å². The van der Waals surface area contributed by atoms with Crippen molar-refractivity contribution in [3.8, 4) is 0 Å². The lowest BCUT2D eigenvalue weighted by Gasteiger charge is -2.24. The predicted octanol–water partition coefficient (Wildman–Crippen LogP) is 7.46. The van der Waals surface area contributed by atoms with Gasteiger partial charge in [0.1, 0.15) is 4.70 Å². The molecule has 5 heteroatoms. The number of rotatable bonds is 5. The van der Waals surface area contributed by atoms with Crippen LogP contribution in [0.5, 0.6) is 0 Å². The first-order valence-corrected chi connectivity index (χ1v) is 13.8. The fourth-order valence-electron chi connectivity index (χ4n) is 5.91. The largest absolute Gasteiger partial charge is 0.349 e. The fraction of sp³-hybridized carbons (Fsp3) is 0.345. The van der Waals surface area contributed by atoms with Gasteiger partial charge in [-0.25, -0.2) is 0 Å². The molecule has 3 aromatic rings. The lowest BCUT2D eigenvalue weighted by molar-refractivity contribution is -0.883. The molecule has 0 bridgehead atoms. The second-order valence-electron chi connectivity index (χ2n) is 10.3. The minimum absolute atomic E-state index is 0.0532. The quantitative estimate of drug-likeness (QED) is 0.299. The molecule has 2 heterocycles. The molecule has 3 aliphatic rings. The molecule has 6 rings (SSSR count). The van der Waals surface area contributed by atoms with E-state index in [4.69, 9.17) is 4.84 Å². The van der Waals surface area contributed by atoms with Gasteiger partial charge in [0.05, 0.1) is 10.7 Å². The standard InChI is InChI=1S/C29H30N2OS2/c1-20-17-18-25-28(2,3)29(25,19-20)32-31-22-12-8-10-14-24(22)34-27(31)16-6-4-5-15-26-30-21-11-7-9-13-23(21)33-26/h4-16,20,25H,17-19H2,1-3H3/p+1. The van der Waals surface area contributed by atoms with E-state index in [1.54, 1.807) is 23.1 Å². The zero-order valence-electron chi connectivity index (χ0n) is 20.0. The van der Waals surface area contributed by atoms with Crippen LogP contribution in [0.25, 0.3) is 16.3 Å². The van der Waals surface area contributed by atoms with Crippen molar-refractivity contribution >= 4 is 45.1 Å². The van der Waals surface area contributed by atoms with Crippen molar-refractivity contribution in [2.24, 2.45) is 17.3 Å². The lowest BCUT2D eigenvalue weighted by atomic mass is 9.88. The molecule has 0 amide bonds. The Morgan fingerprint density at radius 1 is 1.03 bits per heavy atom. The number of thiazole rings is 1. The highest BCUT2D eigenvalue weighted by atomic mass is 32.2. The summed E-state index contributed by atoms with van der Waals surface area (Å²) in [5, 5.41) is 5.75. The number of fused-ring (bicyclic) bond motifs is 3. The van der Waals surface area contributed by atoms with Gasteiger partial charge in [0, 0.05) is 33.1 Å². The van der Waals surface area contributed by atoms with Crippen LogP contribution in [0.4, 0.5) is 5.69 Å². The van der Waals surface area contributed by atoms with Gasteiger partial charge < -0.3 is 5.32 Å². The number of nitrogens with zero attached hydrogens (tertiary/aromatic N) is 1. The Morgan fingerprint density at radius 2 is 1.85 bits per heavy atom. The van der Waals surface area contributed by atoms with Crippen molar-refractivity contribution in [1.82, 2.24) is 0 Å². The summed E-state index contributed by atoms with van der Waals surface area (Å²) in [6.45, 7) is 7.16. The van der Waals surface area contributed by atoms with Gasteiger partial charge >= 0.3 is 5.01 Å². The number of thioether (sulfide) groups is 1. The number of aromatic nitrogens is 1. The third kappa shape index (κ3) is 3.61. The summed E-state index contributed by atoms with van der Waals surface area (Å²) in [5.74, 6) is 1.36. The molecule has 2 fully saturated rings. The van der Waals surface area contributed by atoms with Crippen LogP contribution in [-0.4, -0.2) is 5.60 Å². The molecule has 1 aromatic heterocycles. The van der Waals surface area contributed by atoms with Crippen LogP contribution in [0.3, 0.4) is 0 Å². The average Bonchev–Trinajstić information content (AvgIpc) is 3.15. The molecule has 3 atom stereocenters. The molecule has 1 aliphatic heterocycles. The van der Waals surface area contributed by atoms with Crippen molar-refractivity contribution in [2.45, 2.75) is 50.5 Å². The second-order valence-corrected chi connectivity index (χ2v) is 12.5. The van der Waals surface area contributed by atoms with Gasteiger partial charge in [0.25, 0.3) is 5.52 Å². The number of hydrogen-bond acceptors (Lipinski definition) is 4. The topological polar surface area (TPSA) is 25.1 Å². The molecular formula is C29H31N2OS2+.